The molecule has 0 atom stereocenters. The van der Waals surface area contributed by atoms with E-state index in [1.54, 1.807) is 30.6 Å². The fraction of sp³-hybridized carbons (Fsp3) is 0.0625. The first kappa shape index (κ1) is 16.3. The molecule has 8 heteroatoms. The van der Waals surface area contributed by atoms with E-state index < -0.39 is 6.61 Å². The van der Waals surface area contributed by atoms with Crippen LogP contribution < -0.4 is 10.1 Å². The largest absolute Gasteiger partial charge is 0.435 e. The Morgan fingerprint density at radius 3 is 2.54 bits per heavy atom. The lowest BCUT2D eigenvalue weighted by atomic mass is 10.1. The normalized spacial score (nSPS) is 10.7. The Hall–Kier alpha value is -2.61. The summed E-state index contributed by atoms with van der Waals surface area (Å²) in [5, 5.41) is 11.1. The van der Waals surface area contributed by atoms with E-state index in [1.165, 1.54) is 12.1 Å². The molecular weight excluding hydrogens is 382 g/mol. The minimum absolute atomic E-state index is 0.107. The molecule has 0 amide bonds. The summed E-state index contributed by atoms with van der Waals surface area (Å²) in [5.74, 6) is 0.661. The van der Waals surface area contributed by atoms with Gasteiger partial charge in [0.15, 0.2) is 5.82 Å². The van der Waals surface area contributed by atoms with Crippen molar-refractivity contribution in [2.24, 2.45) is 0 Å². The van der Waals surface area contributed by atoms with Gasteiger partial charge in [-0.15, -0.1) is 5.10 Å². The zero-order valence-electron chi connectivity index (χ0n) is 12.2. The van der Waals surface area contributed by atoms with Crippen molar-refractivity contribution in [3.05, 3.63) is 59.5 Å². The van der Waals surface area contributed by atoms with E-state index in [1.807, 2.05) is 12.1 Å². The molecule has 3 aromatic rings. The highest BCUT2D eigenvalue weighted by molar-refractivity contribution is 9.10. The van der Waals surface area contributed by atoms with Crippen LogP contribution in [0.4, 0.5) is 20.3 Å². The van der Waals surface area contributed by atoms with Crippen molar-refractivity contribution in [1.29, 1.82) is 0 Å². The minimum Gasteiger partial charge on any atom is -0.435 e. The molecule has 0 radical (unpaired) electrons. The van der Waals surface area contributed by atoms with Gasteiger partial charge in [0.05, 0.1) is 6.20 Å². The van der Waals surface area contributed by atoms with E-state index in [4.69, 9.17) is 0 Å². The second-order valence-electron chi connectivity index (χ2n) is 4.72. The zero-order valence-corrected chi connectivity index (χ0v) is 13.7. The molecule has 3 rings (SSSR count). The third-order valence-corrected chi connectivity index (χ3v) is 3.50. The maximum Gasteiger partial charge on any atom is 0.387 e. The lowest BCUT2D eigenvalue weighted by Gasteiger charge is -2.08. The average molecular weight is 393 g/mol. The van der Waals surface area contributed by atoms with Crippen LogP contribution in [-0.4, -0.2) is 21.8 Å². The lowest BCUT2D eigenvalue weighted by Crippen LogP contribution is -2.01. The highest BCUT2D eigenvalue weighted by Crippen LogP contribution is 2.25. The first-order valence-corrected chi connectivity index (χ1v) is 7.66. The van der Waals surface area contributed by atoms with Gasteiger partial charge in [0, 0.05) is 17.4 Å². The maximum atomic E-state index is 12.2. The number of alkyl halides is 2. The summed E-state index contributed by atoms with van der Waals surface area (Å²) in [7, 11) is 0. The van der Waals surface area contributed by atoms with E-state index in [0.29, 0.717) is 10.4 Å². The molecule has 0 saturated carbocycles. The van der Waals surface area contributed by atoms with E-state index in [9.17, 15) is 8.78 Å². The van der Waals surface area contributed by atoms with E-state index in [2.05, 4.69) is 41.2 Å². The quantitative estimate of drug-likeness (QED) is 0.640. The molecule has 0 fully saturated rings. The van der Waals surface area contributed by atoms with Crippen LogP contribution in [0, 0.1) is 0 Å². The molecule has 5 nitrogen and oxygen atoms in total. The van der Waals surface area contributed by atoms with Crippen LogP contribution in [0.1, 0.15) is 0 Å². The number of nitrogens with one attached hydrogen (secondary N) is 1. The molecule has 0 aliphatic rings. The van der Waals surface area contributed by atoms with E-state index >= 15 is 0 Å². The van der Waals surface area contributed by atoms with Gasteiger partial charge in [-0.2, -0.15) is 13.9 Å². The summed E-state index contributed by atoms with van der Waals surface area (Å²) in [6.45, 7) is -2.84. The van der Waals surface area contributed by atoms with Gasteiger partial charge < -0.3 is 10.1 Å². The molecule has 2 heterocycles. The molecule has 0 bridgehead atoms. The number of benzene rings is 1. The molecular formula is C16H11BrF2N4O. The number of aromatic nitrogens is 3. The fourth-order valence-electron chi connectivity index (χ4n) is 2.04. The standard InChI is InChI=1S/C16H11BrF2N4O/c17-14-8-12(5-6-20-14)22-15-7-11(9-21-23-15)10-1-3-13(4-2-10)24-16(18)19/h1-9,16H,(H,20,22,23). The summed E-state index contributed by atoms with van der Waals surface area (Å²) in [6, 6.07) is 11.7. The molecule has 0 unspecified atom stereocenters. The predicted molar refractivity (Wildman–Crippen MR) is 89.3 cm³/mol. The molecule has 0 saturated heterocycles. The number of hydrogen-bond donors (Lipinski definition) is 1. The van der Waals surface area contributed by atoms with Gasteiger partial charge in [-0.05, 0) is 51.8 Å². The van der Waals surface area contributed by atoms with Gasteiger partial charge in [-0.3, -0.25) is 0 Å². The molecule has 0 aliphatic carbocycles. The Bertz CT molecular complexity index is 830. The molecule has 2 aromatic heterocycles. The van der Waals surface area contributed by atoms with Crippen LogP contribution in [-0.2, 0) is 0 Å². The monoisotopic (exact) mass is 392 g/mol. The van der Waals surface area contributed by atoms with Crippen molar-refractivity contribution in [3.63, 3.8) is 0 Å². The van der Waals surface area contributed by atoms with Gasteiger partial charge in [-0.1, -0.05) is 12.1 Å². The topological polar surface area (TPSA) is 59.9 Å². The van der Waals surface area contributed by atoms with Gasteiger partial charge in [-0.25, -0.2) is 4.98 Å². The summed E-state index contributed by atoms with van der Waals surface area (Å²) in [6.07, 6.45) is 3.25. The summed E-state index contributed by atoms with van der Waals surface area (Å²) >= 11 is 3.30. The molecule has 122 valence electrons. The lowest BCUT2D eigenvalue weighted by molar-refractivity contribution is -0.0498. The zero-order chi connectivity index (χ0) is 16.9. The molecule has 1 aromatic carbocycles. The van der Waals surface area contributed by atoms with Crippen molar-refractivity contribution in [2.45, 2.75) is 6.61 Å². The average Bonchev–Trinajstić information content (AvgIpc) is 2.55. The Morgan fingerprint density at radius 1 is 1.04 bits per heavy atom. The Labute approximate surface area is 144 Å². The highest BCUT2D eigenvalue weighted by Gasteiger charge is 2.06. The summed E-state index contributed by atoms with van der Waals surface area (Å²) in [5.41, 5.74) is 2.42. The maximum absolute atomic E-state index is 12.2. The van der Waals surface area contributed by atoms with Gasteiger partial charge in [0.1, 0.15) is 10.4 Å². The summed E-state index contributed by atoms with van der Waals surface area (Å²) < 4.78 is 29.4. The van der Waals surface area contributed by atoms with Crippen LogP contribution in [0.15, 0.2) is 59.5 Å². The number of rotatable bonds is 5. The Morgan fingerprint density at radius 2 is 1.83 bits per heavy atom. The molecule has 1 N–H and O–H groups in total. The van der Waals surface area contributed by atoms with Crippen molar-refractivity contribution < 1.29 is 13.5 Å². The van der Waals surface area contributed by atoms with E-state index in [0.717, 1.165) is 16.8 Å². The second-order valence-corrected chi connectivity index (χ2v) is 5.54. The number of pyridine rings is 1. The van der Waals surface area contributed by atoms with E-state index in [-0.39, 0.29) is 5.75 Å². The van der Waals surface area contributed by atoms with Gasteiger partial charge in [0.2, 0.25) is 0 Å². The van der Waals surface area contributed by atoms with Crippen molar-refractivity contribution in [2.75, 3.05) is 5.32 Å². The molecule has 24 heavy (non-hydrogen) atoms. The smallest absolute Gasteiger partial charge is 0.387 e. The first-order chi connectivity index (χ1) is 11.6. The third-order valence-electron chi connectivity index (χ3n) is 3.07. The van der Waals surface area contributed by atoms with Crippen LogP contribution in [0.5, 0.6) is 5.75 Å². The second kappa shape index (κ2) is 7.31. The summed E-state index contributed by atoms with van der Waals surface area (Å²) in [4.78, 5) is 4.05. The SMILES string of the molecule is FC(F)Oc1ccc(-c2cnnc(Nc3ccnc(Br)c3)c2)cc1. The Balaban J connectivity index is 1.80. The van der Waals surface area contributed by atoms with Crippen molar-refractivity contribution in [3.8, 4) is 16.9 Å². The number of hydrogen-bond acceptors (Lipinski definition) is 5. The number of nitrogens with zero attached hydrogens (tertiary/aromatic N) is 3. The van der Waals surface area contributed by atoms with Crippen molar-refractivity contribution >= 4 is 27.4 Å². The molecule has 0 aliphatic heterocycles. The molecule has 0 spiro atoms. The van der Waals surface area contributed by atoms with Crippen molar-refractivity contribution in [1.82, 2.24) is 15.2 Å². The van der Waals surface area contributed by atoms with Crippen LogP contribution >= 0.6 is 15.9 Å². The van der Waals surface area contributed by atoms with Gasteiger partial charge >= 0.3 is 6.61 Å². The van der Waals surface area contributed by atoms with Crippen LogP contribution in [0.2, 0.25) is 0 Å². The predicted octanol–water partition coefficient (Wildman–Crippen LogP) is 4.65. The fourth-order valence-corrected chi connectivity index (χ4v) is 2.41. The number of anilines is 2. The third kappa shape index (κ3) is 4.23. The number of halogens is 3. The van der Waals surface area contributed by atoms with Crippen LogP contribution in [0.25, 0.3) is 11.1 Å². The van der Waals surface area contributed by atoms with Crippen LogP contribution in [0.3, 0.4) is 0 Å². The Kier molecular flexibility index (Phi) is 4.95. The number of ether oxygens (including phenoxy) is 1. The highest BCUT2D eigenvalue weighted by atomic mass is 79.9. The minimum atomic E-state index is -2.84. The first-order valence-electron chi connectivity index (χ1n) is 6.87. The van der Waals surface area contributed by atoms with Gasteiger partial charge in [0.25, 0.3) is 0 Å².